The molecule has 3 atom stereocenters. The van der Waals surface area contributed by atoms with Gasteiger partial charge in [0.15, 0.2) is 0 Å². The lowest BCUT2D eigenvalue weighted by Crippen LogP contribution is -2.34. The lowest BCUT2D eigenvalue weighted by molar-refractivity contribution is -0.0315. The van der Waals surface area contributed by atoms with Gasteiger partial charge in [0, 0.05) is 20.2 Å². The van der Waals surface area contributed by atoms with E-state index in [1.165, 1.54) is 0 Å². The zero-order valence-electron chi connectivity index (χ0n) is 12.2. The average Bonchev–Trinajstić information content (AvgIpc) is 2.46. The highest BCUT2D eigenvalue weighted by Gasteiger charge is 2.10. The van der Waals surface area contributed by atoms with Gasteiger partial charge in [-0.15, -0.1) is 0 Å². The van der Waals surface area contributed by atoms with E-state index >= 15 is 0 Å². The molecule has 114 valence electrons. The van der Waals surface area contributed by atoms with Crippen LogP contribution in [0.25, 0.3) is 0 Å². The molecule has 1 aromatic carbocycles. The number of nitrogens with one attached hydrogen (secondary N) is 1. The number of ether oxygens (including phenoxy) is 2. The summed E-state index contributed by atoms with van der Waals surface area (Å²) in [7, 11) is 1.61. The number of aliphatic hydroxyl groups is 2. The molecule has 0 radical (unpaired) electrons. The van der Waals surface area contributed by atoms with Crippen LogP contribution in [0.5, 0.6) is 0 Å². The molecule has 0 spiro atoms. The lowest BCUT2D eigenvalue weighted by Gasteiger charge is -2.17. The van der Waals surface area contributed by atoms with Gasteiger partial charge >= 0.3 is 0 Å². The largest absolute Gasteiger partial charge is 0.389 e. The van der Waals surface area contributed by atoms with Gasteiger partial charge in [0.25, 0.3) is 0 Å². The van der Waals surface area contributed by atoms with Gasteiger partial charge in [-0.3, -0.25) is 0 Å². The smallest absolute Gasteiger partial charge is 0.0914 e. The standard InChI is InChI=1S/C15H25NO4/c1-12(10-19-2)20-11-14(17)8-16-9-15(18)13-6-4-3-5-7-13/h3-7,12,14-18H,8-11H2,1-2H3. The van der Waals surface area contributed by atoms with Gasteiger partial charge in [0.2, 0.25) is 0 Å². The number of aliphatic hydroxyl groups excluding tert-OH is 2. The molecule has 0 heterocycles. The molecule has 0 aromatic heterocycles. The molecular weight excluding hydrogens is 258 g/mol. The summed E-state index contributed by atoms with van der Waals surface area (Å²) in [6, 6.07) is 9.43. The van der Waals surface area contributed by atoms with Crippen molar-refractivity contribution in [1.82, 2.24) is 5.32 Å². The summed E-state index contributed by atoms with van der Waals surface area (Å²) in [5, 5.41) is 22.7. The Morgan fingerprint density at radius 3 is 2.45 bits per heavy atom. The van der Waals surface area contributed by atoms with Crippen LogP contribution in [-0.2, 0) is 9.47 Å². The lowest BCUT2D eigenvalue weighted by atomic mass is 10.1. The van der Waals surface area contributed by atoms with Gasteiger partial charge in [-0.05, 0) is 12.5 Å². The van der Waals surface area contributed by atoms with Crippen LogP contribution in [-0.4, -0.2) is 55.8 Å². The molecule has 0 fully saturated rings. The molecule has 0 aliphatic rings. The first-order valence-corrected chi connectivity index (χ1v) is 6.85. The molecular formula is C15H25NO4. The van der Waals surface area contributed by atoms with Crippen LogP contribution < -0.4 is 5.32 Å². The van der Waals surface area contributed by atoms with E-state index in [1.54, 1.807) is 7.11 Å². The number of hydrogen-bond donors (Lipinski definition) is 3. The van der Waals surface area contributed by atoms with E-state index in [9.17, 15) is 10.2 Å². The highest BCUT2D eigenvalue weighted by molar-refractivity contribution is 5.17. The number of hydrogen-bond acceptors (Lipinski definition) is 5. The van der Waals surface area contributed by atoms with Crippen molar-refractivity contribution in [1.29, 1.82) is 0 Å². The van der Waals surface area contributed by atoms with Gasteiger partial charge in [0.1, 0.15) is 0 Å². The zero-order valence-corrected chi connectivity index (χ0v) is 12.2. The van der Waals surface area contributed by atoms with E-state index < -0.39 is 12.2 Å². The Hall–Kier alpha value is -0.980. The third kappa shape index (κ3) is 6.98. The fourth-order valence-electron chi connectivity index (χ4n) is 1.80. The third-order valence-corrected chi connectivity index (χ3v) is 2.88. The molecule has 0 amide bonds. The van der Waals surface area contributed by atoms with Crippen LogP contribution in [0.4, 0.5) is 0 Å². The van der Waals surface area contributed by atoms with Gasteiger partial charge < -0.3 is 25.0 Å². The van der Waals surface area contributed by atoms with Crippen molar-refractivity contribution in [2.75, 3.05) is 33.4 Å². The summed E-state index contributed by atoms with van der Waals surface area (Å²) in [5.41, 5.74) is 0.861. The summed E-state index contributed by atoms with van der Waals surface area (Å²) in [6.07, 6.45) is -1.21. The Kier molecular flexibility index (Phi) is 8.41. The monoisotopic (exact) mass is 283 g/mol. The van der Waals surface area contributed by atoms with Crippen LogP contribution >= 0.6 is 0 Å². The van der Waals surface area contributed by atoms with Gasteiger partial charge in [-0.2, -0.15) is 0 Å². The third-order valence-electron chi connectivity index (χ3n) is 2.88. The highest BCUT2D eigenvalue weighted by atomic mass is 16.5. The van der Waals surface area contributed by atoms with Gasteiger partial charge in [-0.1, -0.05) is 30.3 Å². The van der Waals surface area contributed by atoms with Crippen LogP contribution in [0.3, 0.4) is 0 Å². The normalized spacial score (nSPS) is 15.8. The Bertz CT molecular complexity index is 347. The summed E-state index contributed by atoms with van der Waals surface area (Å²) < 4.78 is 10.4. The first kappa shape index (κ1) is 17.1. The van der Waals surface area contributed by atoms with Gasteiger partial charge in [0.05, 0.1) is 31.5 Å². The van der Waals surface area contributed by atoms with Crippen LogP contribution in [0, 0.1) is 0 Å². The van der Waals surface area contributed by atoms with Crippen LogP contribution in [0.2, 0.25) is 0 Å². The Morgan fingerprint density at radius 2 is 1.80 bits per heavy atom. The number of rotatable bonds is 10. The summed E-state index contributed by atoms with van der Waals surface area (Å²) >= 11 is 0. The van der Waals surface area contributed by atoms with Crippen LogP contribution in [0.15, 0.2) is 30.3 Å². The predicted molar refractivity (Wildman–Crippen MR) is 77.6 cm³/mol. The molecule has 0 saturated heterocycles. The molecule has 1 rings (SSSR count). The Balaban J connectivity index is 2.14. The fraction of sp³-hybridized carbons (Fsp3) is 0.600. The minimum atomic E-state index is -0.600. The first-order valence-electron chi connectivity index (χ1n) is 6.85. The molecule has 3 unspecified atom stereocenters. The minimum Gasteiger partial charge on any atom is -0.389 e. The SMILES string of the molecule is COCC(C)OCC(O)CNCC(O)c1ccccc1. The average molecular weight is 283 g/mol. The maximum Gasteiger partial charge on any atom is 0.0914 e. The zero-order chi connectivity index (χ0) is 14.8. The molecule has 0 bridgehead atoms. The van der Waals surface area contributed by atoms with Crippen molar-refractivity contribution in [3.8, 4) is 0 Å². The molecule has 0 saturated carbocycles. The maximum absolute atomic E-state index is 9.93. The molecule has 5 heteroatoms. The molecule has 1 aromatic rings. The number of benzene rings is 1. The first-order chi connectivity index (χ1) is 9.63. The van der Waals surface area contributed by atoms with Crippen molar-refractivity contribution in [2.24, 2.45) is 0 Å². The molecule has 0 aliphatic heterocycles. The van der Waals surface area contributed by atoms with E-state index in [4.69, 9.17) is 9.47 Å². The quantitative estimate of drug-likeness (QED) is 0.590. The summed E-state index contributed by atoms with van der Waals surface area (Å²) in [4.78, 5) is 0. The van der Waals surface area contributed by atoms with E-state index in [0.29, 0.717) is 19.7 Å². The van der Waals surface area contributed by atoms with Crippen LogP contribution in [0.1, 0.15) is 18.6 Å². The summed E-state index contributed by atoms with van der Waals surface area (Å²) in [6.45, 7) is 3.42. The molecule has 5 nitrogen and oxygen atoms in total. The maximum atomic E-state index is 9.93. The second kappa shape index (κ2) is 9.85. The van der Waals surface area contributed by atoms with E-state index in [0.717, 1.165) is 5.56 Å². The van der Waals surface area contributed by atoms with Crippen molar-refractivity contribution in [3.63, 3.8) is 0 Å². The van der Waals surface area contributed by atoms with Gasteiger partial charge in [-0.25, -0.2) is 0 Å². The van der Waals surface area contributed by atoms with E-state index in [-0.39, 0.29) is 12.7 Å². The molecule has 3 N–H and O–H groups in total. The van der Waals surface area contributed by atoms with Crippen molar-refractivity contribution >= 4 is 0 Å². The molecule has 20 heavy (non-hydrogen) atoms. The minimum absolute atomic E-state index is 0.0374. The number of methoxy groups -OCH3 is 1. The highest BCUT2D eigenvalue weighted by Crippen LogP contribution is 2.10. The fourth-order valence-corrected chi connectivity index (χ4v) is 1.80. The topological polar surface area (TPSA) is 71.0 Å². The Labute approximate surface area is 120 Å². The second-order valence-corrected chi connectivity index (χ2v) is 4.84. The van der Waals surface area contributed by atoms with Crippen molar-refractivity contribution in [2.45, 2.75) is 25.2 Å². The summed E-state index contributed by atoms with van der Waals surface area (Å²) in [5.74, 6) is 0. The second-order valence-electron chi connectivity index (χ2n) is 4.84. The molecule has 0 aliphatic carbocycles. The van der Waals surface area contributed by atoms with Crippen molar-refractivity contribution in [3.05, 3.63) is 35.9 Å². The predicted octanol–water partition coefficient (Wildman–Crippen LogP) is 0.722. The van der Waals surface area contributed by atoms with E-state index in [1.807, 2.05) is 37.3 Å². The van der Waals surface area contributed by atoms with E-state index in [2.05, 4.69) is 5.32 Å². The Morgan fingerprint density at radius 1 is 1.10 bits per heavy atom. The van der Waals surface area contributed by atoms with Crippen molar-refractivity contribution < 1.29 is 19.7 Å².